The quantitative estimate of drug-likeness (QED) is 0.903. The molecule has 2 atom stereocenters. The molecule has 0 saturated heterocycles. The molecule has 0 bridgehead atoms. The number of hydrogen-bond donors (Lipinski definition) is 1. The van der Waals surface area contributed by atoms with Crippen molar-refractivity contribution in [2.75, 3.05) is 7.11 Å². The number of methoxy groups -OCH3 is 1. The monoisotopic (exact) mass is 306 g/mol. The minimum atomic E-state index is -0.520. The van der Waals surface area contributed by atoms with Crippen molar-refractivity contribution in [1.29, 1.82) is 0 Å². The molecule has 1 aromatic rings. The lowest BCUT2D eigenvalue weighted by atomic mass is 10.0. The van der Waals surface area contributed by atoms with Gasteiger partial charge in [-0.25, -0.2) is 0 Å². The van der Waals surface area contributed by atoms with Crippen LogP contribution in [-0.4, -0.2) is 24.4 Å². The zero-order chi connectivity index (χ0) is 12.1. The predicted octanol–water partition coefficient (Wildman–Crippen LogP) is 3.43. The molecule has 0 heterocycles. The van der Waals surface area contributed by atoms with Crippen LogP contribution < -0.4 is 0 Å². The lowest BCUT2D eigenvalue weighted by Crippen LogP contribution is -2.29. The largest absolute Gasteiger partial charge is 0.390 e. The summed E-state index contributed by atoms with van der Waals surface area (Å²) < 4.78 is 6.13. The number of aliphatic hydroxyl groups is 1. The molecule has 0 aliphatic rings. The normalized spacial score (nSPS) is 14.8. The average molecular weight is 308 g/mol. The molecule has 1 aromatic carbocycles. The van der Waals surface area contributed by atoms with Crippen molar-refractivity contribution in [2.45, 2.75) is 32.0 Å². The Morgan fingerprint density at radius 2 is 2.19 bits per heavy atom. The Labute approximate surface area is 110 Å². The van der Waals surface area contributed by atoms with Gasteiger partial charge in [-0.3, -0.25) is 0 Å². The topological polar surface area (TPSA) is 29.5 Å². The highest BCUT2D eigenvalue weighted by Gasteiger charge is 2.18. The summed E-state index contributed by atoms with van der Waals surface area (Å²) in [5, 5.41) is 10.6. The summed E-state index contributed by atoms with van der Waals surface area (Å²) >= 11 is 9.43. The molecule has 0 saturated carbocycles. The van der Waals surface area contributed by atoms with Crippen LogP contribution in [-0.2, 0) is 11.2 Å². The summed E-state index contributed by atoms with van der Waals surface area (Å²) in [7, 11) is 1.61. The number of halogens is 2. The van der Waals surface area contributed by atoms with Crippen molar-refractivity contribution in [2.24, 2.45) is 0 Å². The summed E-state index contributed by atoms with van der Waals surface area (Å²) in [6.45, 7) is 1.99. The number of ether oxygens (including phenoxy) is 1. The molecular weight excluding hydrogens is 291 g/mol. The minimum absolute atomic E-state index is 0.139. The molecule has 0 aliphatic carbocycles. The Balaban J connectivity index is 2.72. The lowest BCUT2D eigenvalue weighted by molar-refractivity contribution is -0.0128. The lowest BCUT2D eigenvalue weighted by Gasteiger charge is -2.20. The smallest absolute Gasteiger partial charge is 0.0842 e. The van der Waals surface area contributed by atoms with Crippen molar-refractivity contribution < 1.29 is 9.84 Å². The predicted molar refractivity (Wildman–Crippen MR) is 70.0 cm³/mol. The molecule has 0 fully saturated rings. The van der Waals surface area contributed by atoms with Gasteiger partial charge in [0, 0.05) is 23.0 Å². The van der Waals surface area contributed by atoms with Gasteiger partial charge in [0.25, 0.3) is 0 Å². The fourth-order valence-corrected chi connectivity index (χ4v) is 2.39. The second-order valence-electron chi connectivity index (χ2n) is 3.69. The number of hydrogen-bond acceptors (Lipinski definition) is 2. The Bertz CT molecular complexity index is 340. The van der Waals surface area contributed by atoms with Crippen molar-refractivity contribution in [3.63, 3.8) is 0 Å². The minimum Gasteiger partial charge on any atom is -0.390 e. The third kappa shape index (κ3) is 3.74. The Morgan fingerprint density at radius 3 is 2.69 bits per heavy atom. The van der Waals surface area contributed by atoms with Crippen LogP contribution in [0.25, 0.3) is 0 Å². The molecule has 0 radical (unpaired) electrons. The number of benzene rings is 1. The standard InChI is InChI=1S/C12H16BrClO2/c1-3-12(16-2)11(15)6-8-4-5-9(13)7-10(8)14/h4-5,7,11-12,15H,3,6H2,1-2H3. The van der Waals surface area contributed by atoms with E-state index < -0.39 is 6.10 Å². The Hall–Kier alpha value is -0.0900. The number of rotatable bonds is 5. The van der Waals surface area contributed by atoms with Crippen molar-refractivity contribution in [3.8, 4) is 0 Å². The van der Waals surface area contributed by atoms with E-state index >= 15 is 0 Å². The molecular formula is C12H16BrClO2. The Kier molecular flexibility index (Phi) is 5.76. The summed E-state index contributed by atoms with van der Waals surface area (Å²) in [5.74, 6) is 0. The van der Waals surface area contributed by atoms with E-state index in [4.69, 9.17) is 16.3 Å². The first-order chi connectivity index (χ1) is 7.58. The van der Waals surface area contributed by atoms with Crippen LogP contribution in [0.15, 0.2) is 22.7 Å². The fraction of sp³-hybridized carbons (Fsp3) is 0.500. The van der Waals surface area contributed by atoms with Gasteiger partial charge in [-0.1, -0.05) is 40.5 Å². The van der Waals surface area contributed by atoms with E-state index in [9.17, 15) is 5.11 Å². The van der Waals surface area contributed by atoms with E-state index in [1.54, 1.807) is 7.11 Å². The molecule has 4 heteroatoms. The first kappa shape index (κ1) is 14.0. The van der Waals surface area contributed by atoms with Crippen LogP contribution in [0.3, 0.4) is 0 Å². The summed E-state index contributed by atoms with van der Waals surface area (Å²) in [6.07, 6.45) is 0.637. The first-order valence-electron chi connectivity index (χ1n) is 5.23. The molecule has 90 valence electrons. The van der Waals surface area contributed by atoms with E-state index in [0.717, 1.165) is 16.5 Å². The number of aliphatic hydroxyl groups excluding tert-OH is 1. The van der Waals surface area contributed by atoms with Crippen molar-refractivity contribution in [1.82, 2.24) is 0 Å². The second-order valence-corrected chi connectivity index (χ2v) is 5.01. The zero-order valence-electron chi connectivity index (χ0n) is 9.41. The molecule has 2 unspecified atom stereocenters. The maximum Gasteiger partial charge on any atom is 0.0842 e. The van der Waals surface area contributed by atoms with Gasteiger partial charge >= 0.3 is 0 Å². The van der Waals surface area contributed by atoms with E-state index in [1.807, 2.05) is 25.1 Å². The van der Waals surface area contributed by atoms with Crippen molar-refractivity contribution >= 4 is 27.5 Å². The van der Waals surface area contributed by atoms with Gasteiger partial charge < -0.3 is 9.84 Å². The second kappa shape index (κ2) is 6.60. The molecule has 1 N–H and O–H groups in total. The highest BCUT2D eigenvalue weighted by molar-refractivity contribution is 9.10. The fourth-order valence-electron chi connectivity index (χ4n) is 1.64. The third-order valence-corrected chi connectivity index (χ3v) is 3.42. The van der Waals surface area contributed by atoms with E-state index in [0.29, 0.717) is 11.4 Å². The molecule has 0 amide bonds. The van der Waals surface area contributed by atoms with Gasteiger partial charge in [-0.05, 0) is 24.1 Å². The highest BCUT2D eigenvalue weighted by atomic mass is 79.9. The summed E-state index contributed by atoms with van der Waals surface area (Å²) in [6, 6.07) is 5.66. The molecule has 0 aromatic heterocycles. The van der Waals surface area contributed by atoms with Crippen LogP contribution in [0.2, 0.25) is 5.02 Å². The maximum atomic E-state index is 9.96. The maximum absolute atomic E-state index is 9.96. The van der Waals surface area contributed by atoms with Gasteiger partial charge in [-0.2, -0.15) is 0 Å². The first-order valence-corrected chi connectivity index (χ1v) is 6.40. The van der Waals surface area contributed by atoms with Crippen LogP contribution in [0, 0.1) is 0 Å². The van der Waals surface area contributed by atoms with Gasteiger partial charge in [0.05, 0.1) is 12.2 Å². The van der Waals surface area contributed by atoms with Gasteiger partial charge in [0.15, 0.2) is 0 Å². The van der Waals surface area contributed by atoms with Gasteiger partial charge in [0.1, 0.15) is 0 Å². The van der Waals surface area contributed by atoms with E-state index in [1.165, 1.54) is 0 Å². The van der Waals surface area contributed by atoms with Crippen LogP contribution in [0.5, 0.6) is 0 Å². The van der Waals surface area contributed by atoms with E-state index in [2.05, 4.69) is 15.9 Å². The van der Waals surface area contributed by atoms with Crippen LogP contribution >= 0.6 is 27.5 Å². The summed E-state index contributed by atoms with van der Waals surface area (Å²) in [4.78, 5) is 0. The molecule has 0 spiro atoms. The molecule has 16 heavy (non-hydrogen) atoms. The molecule has 1 rings (SSSR count). The Morgan fingerprint density at radius 1 is 1.50 bits per heavy atom. The van der Waals surface area contributed by atoms with E-state index in [-0.39, 0.29) is 6.10 Å². The zero-order valence-corrected chi connectivity index (χ0v) is 11.8. The van der Waals surface area contributed by atoms with Gasteiger partial charge in [0.2, 0.25) is 0 Å². The van der Waals surface area contributed by atoms with Crippen LogP contribution in [0.4, 0.5) is 0 Å². The third-order valence-electron chi connectivity index (χ3n) is 2.58. The van der Waals surface area contributed by atoms with Crippen LogP contribution in [0.1, 0.15) is 18.9 Å². The SMILES string of the molecule is CCC(OC)C(O)Cc1ccc(Br)cc1Cl. The molecule has 2 nitrogen and oxygen atoms in total. The van der Waals surface area contributed by atoms with Crippen molar-refractivity contribution in [3.05, 3.63) is 33.3 Å². The average Bonchev–Trinajstić information content (AvgIpc) is 2.24. The van der Waals surface area contributed by atoms with Gasteiger partial charge in [-0.15, -0.1) is 0 Å². The molecule has 0 aliphatic heterocycles. The summed E-state index contributed by atoms with van der Waals surface area (Å²) in [5.41, 5.74) is 0.938. The highest BCUT2D eigenvalue weighted by Crippen LogP contribution is 2.23.